The number of fused-ring (bicyclic) bond motifs is 1. The van der Waals surface area contributed by atoms with Crippen LogP contribution >= 0.6 is 0 Å². The van der Waals surface area contributed by atoms with E-state index >= 15 is 0 Å². The summed E-state index contributed by atoms with van der Waals surface area (Å²) in [6, 6.07) is 11.6. The molecule has 4 heteroatoms. The second-order valence-corrected chi connectivity index (χ2v) is 4.83. The molecule has 0 saturated heterocycles. The first-order chi connectivity index (χ1) is 9.74. The predicted molar refractivity (Wildman–Crippen MR) is 77.6 cm³/mol. The largest absolute Gasteiger partial charge is 0.385 e. The highest BCUT2D eigenvalue weighted by Crippen LogP contribution is 2.26. The van der Waals surface area contributed by atoms with Crippen LogP contribution in [0, 0.1) is 5.82 Å². The molecule has 1 amide bonds. The summed E-state index contributed by atoms with van der Waals surface area (Å²) in [7, 11) is 0. The van der Waals surface area contributed by atoms with Crippen molar-refractivity contribution in [1.29, 1.82) is 0 Å². The maximum Gasteiger partial charge on any atom is 0.256 e. The van der Waals surface area contributed by atoms with Crippen molar-refractivity contribution in [1.82, 2.24) is 0 Å². The summed E-state index contributed by atoms with van der Waals surface area (Å²) in [4.78, 5) is 12.3. The van der Waals surface area contributed by atoms with Crippen LogP contribution in [0.4, 0.5) is 15.8 Å². The minimum atomic E-state index is -0.362. The molecule has 2 N–H and O–H groups in total. The van der Waals surface area contributed by atoms with E-state index in [4.69, 9.17) is 0 Å². The Kier molecular flexibility index (Phi) is 3.37. The third-order valence-corrected chi connectivity index (χ3v) is 3.42. The zero-order valence-electron chi connectivity index (χ0n) is 10.9. The van der Waals surface area contributed by atoms with E-state index in [1.165, 1.54) is 12.1 Å². The van der Waals surface area contributed by atoms with Crippen molar-refractivity contribution in [2.75, 3.05) is 17.2 Å². The Hall–Kier alpha value is -2.36. The number of amides is 1. The molecule has 0 aliphatic carbocycles. The Labute approximate surface area is 116 Å². The predicted octanol–water partition coefficient (Wildman–Crippen LogP) is 3.44. The van der Waals surface area contributed by atoms with Crippen molar-refractivity contribution in [2.45, 2.75) is 12.8 Å². The van der Waals surface area contributed by atoms with E-state index in [9.17, 15) is 9.18 Å². The molecule has 3 nitrogen and oxygen atoms in total. The molecule has 0 radical (unpaired) electrons. The first kappa shape index (κ1) is 12.7. The lowest BCUT2D eigenvalue weighted by Gasteiger charge is -2.20. The molecule has 0 atom stereocenters. The van der Waals surface area contributed by atoms with Gasteiger partial charge in [0.1, 0.15) is 5.82 Å². The first-order valence-electron chi connectivity index (χ1n) is 6.67. The number of hydrogen-bond donors (Lipinski definition) is 2. The molecule has 0 fully saturated rings. The van der Waals surface area contributed by atoms with Crippen LogP contribution in [0.5, 0.6) is 0 Å². The van der Waals surface area contributed by atoms with Crippen molar-refractivity contribution >= 4 is 17.3 Å². The zero-order chi connectivity index (χ0) is 13.9. The molecule has 1 heterocycles. The summed E-state index contributed by atoms with van der Waals surface area (Å²) in [5, 5.41) is 6.03. The van der Waals surface area contributed by atoms with Gasteiger partial charge in [-0.05, 0) is 48.7 Å². The molecule has 2 aromatic carbocycles. The number of carbonyl (C=O) groups excluding carboxylic acids is 1. The molecular formula is C16H15FN2O. The first-order valence-corrected chi connectivity index (χ1v) is 6.67. The van der Waals surface area contributed by atoms with Gasteiger partial charge in [0.05, 0.1) is 0 Å². The second kappa shape index (κ2) is 5.33. The van der Waals surface area contributed by atoms with Gasteiger partial charge >= 0.3 is 0 Å². The molecule has 0 saturated carbocycles. The fourth-order valence-electron chi connectivity index (χ4n) is 2.49. The van der Waals surface area contributed by atoms with Crippen LogP contribution in [0.15, 0.2) is 42.5 Å². The van der Waals surface area contributed by atoms with Gasteiger partial charge in [0.15, 0.2) is 0 Å². The number of benzene rings is 2. The number of rotatable bonds is 2. The Morgan fingerprint density at radius 3 is 2.90 bits per heavy atom. The molecule has 20 heavy (non-hydrogen) atoms. The molecule has 0 bridgehead atoms. The second-order valence-electron chi connectivity index (χ2n) is 4.83. The van der Waals surface area contributed by atoms with E-state index in [1.54, 1.807) is 18.2 Å². The minimum absolute atomic E-state index is 0.198. The zero-order valence-corrected chi connectivity index (χ0v) is 10.9. The van der Waals surface area contributed by atoms with E-state index in [0.717, 1.165) is 30.6 Å². The monoisotopic (exact) mass is 270 g/mol. The quantitative estimate of drug-likeness (QED) is 0.877. The molecule has 0 aromatic heterocycles. The van der Waals surface area contributed by atoms with Gasteiger partial charge in [-0.15, -0.1) is 0 Å². The van der Waals surface area contributed by atoms with Gasteiger partial charge in [-0.3, -0.25) is 4.79 Å². The van der Waals surface area contributed by atoms with Crippen LogP contribution in [0.1, 0.15) is 22.3 Å². The van der Waals surface area contributed by atoms with Crippen LogP contribution in [0.3, 0.4) is 0 Å². The average molecular weight is 270 g/mol. The lowest BCUT2D eigenvalue weighted by Crippen LogP contribution is -2.19. The maximum atomic E-state index is 13.1. The van der Waals surface area contributed by atoms with Gasteiger partial charge < -0.3 is 10.6 Å². The minimum Gasteiger partial charge on any atom is -0.385 e. The lowest BCUT2D eigenvalue weighted by atomic mass is 9.97. The number of hydrogen-bond acceptors (Lipinski definition) is 2. The fourth-order valence-corrected chi connectivity index (χ4v) is 2.49. The van der Waals surface area contributed by atoms with Gasteiger partial charge in [-0.25, -0.2) is 4.39 Å². The summed E-state index contributed by atoms with van der Waals surface area (Å²) >= 11 is 0. The Balaban J connectivity index is 1.88. The van der Waals surface area contributed by atoms with Gasteiger partial charge in [0.25, 0.3) is 5.91 Å². The van der Waals surface area contributed by atoms with Crippen LogP contribution in [-0.2, 0) is 6.42 Å². The molecule has 1 aliphatic heterocycles. The highest BCUT2D eigenvalue weighted by atomic mass is 19.1. The van der Waals surface area contributed by atoms with Gasteiger partial charge in [0.2, 0.25) is 0 Å². The SMILES string of the molecule is O=C(Nc1cccc(F)c1)c1cccc2c1CCCN2. The molecule has 102 valence electrons. The summed E-state index contributed by atoms with van der Waals surface area (Å²) < 4.78 is 13.1. The standard InChI is InChI=1S/C16H15FN2O/c17-11-4-1-5-12(10-11)19-16(20)14-6-2-8-15-13(14)7-3-9-18-15/h1-2,4-6,8,10,18H,3,7,9H2,(H,19,20). The molecule has 3 rings (SSSR count). The van der Waals surface area contributed by atoms with E-state index in [-0.39, 0.29) is 11.7 Å². The smallest absolute Gasteiger partial charge is 0.256 e. The maximum absolute atomic E-state index is 13.1. The number of halogens is 1. The average Bonchev–Trinajstić information content (AvgIpc) is 2.46. The van der Waals surface area contributed by atoms with Crippen LogP contribution in [0.2, 0.25) is 0 Å². The third-order valence-electron chi connectivity index (χ3n) is 3.42. The van der Waals surface area contributed by atoms with Crippen LogP contribution < -0.4 is 10.6 Å². The normalized spacial score (nSPS) is 13.2. The summed E-state index contributed by atoms with van der Waals surface area (Å²) in [6.07, 6.45) is 1.90. The van der Waals surface area contributed by atoms with Crippen molar-refractivity contribution in [3.05, 3.63) is 59.4 Å². The molecule has 0 spiro atoms. The Morgan fingerprint density at radius 2 is 2.05 bits per heavy atom. The van der Waals surface area contributed by atoms with Gasteiger partial charge in [-0.2, -0.15) is 0 Å². The topological polar surface area (TPSA) is 41.1 Å². The number of anilines is 2. The fraction of sp³-hybridized carbons (Fsp3) is 0.188. The molecule has 0 unspecified atom stereocenters. The van der Waals surface area contributed by atoms with E-state index in [0.29, 0.717) is 11.3 Å². The van der Waals surface area contributed by atoms with Crippen molar-refractivity contribution < 1.29 is 9.18 Å². The third kappa shape index (κ3) is 2.50. The Bertz CT molecular complexity index is 655. The van der Waals surface area contributed by atoms with E-state index in [2.05, 4.69) is 10.6 Å². The summed E-state index contributed by atoms with van der Waals surface area (Å²) in [5.74, 6) is -0.560. The van der Waals surface area contributed by atoms with Crippen LogP contribution in [0.25, 0.3) is 0 Å². The summed E-state index contributed by atoms with van der Waals surface area (Å²) in [6.45, 7) is 0.933. The van der Waals surface area contributed by atoms with Crippen molar-refractivity contribution in [2.24, 2.45) is 0 Å². The van der Waals surface area contributed by atoms with Crippen molar-refractivity contribution in [3.63, 3.8) is 0 Å². The molecule has 2 aromatic rings. The summed E-state index contributed by atoms with van der Waals surface area (Å²) in [5.41, 5.74) is 3.17. The molecule has 1 aliphatic rings. The van der Waals surface area contributed by atoms with E-state index < -0.39 is 0 Å². The van der Waals surface area contributed by atoms with Gasteiger partial charge in [-0.1, -0.05) is 12.1 Å². The van der Waals surface area contributed by atoms with Gasteiger partial charge in [0, 0.05) is 23.5 Å². The number of nitrogens with one attached hydrogen (secondary N) is 2. The highest BCUT2D eigenvalue weighted by molar-refractivity contribution is 6.06. The van der Waals surface area contributed by atoms with Crippen molar-refractivity contribution in [3.8, 4) is 0 Å². The number of carbonyl (C=O) groups is 1. The molecular weight excluding hydrogens is 255 g/mol. The highest BCUT2D eigenvalue weighted by Gasteiger charge is 2.17. The lowest BCUT2D eigenvalue weighted by molar-refractivity contribution is 0.102. The van der Waals surface area contributed by atoms with Crippen LogP contribution in [-0.4, -0.2) is 12.5 Å². The van der Waals surface area contributed by atoms with E-state index in [1.807, 2.05) is 12.1 Å². The Morgan fingerprint density at radius 1 is 1.20 bits per heavy atom.